The van der Waals surface area contributed by atoms with Gasteiger partial charge in [0.1, 0.15) is 5.75 Å². The summed E-state index contributed by atoms with van der Waals surface area (Å²) in [5.74, 6) is 0.115. The number of nitrogens with one attached hydrogen (secondary N) is 1. The van der Waals surface area contributed by atoms with Crippen LogP contribution in [0.3, 0.4) is 0 Å². The third-order valence-electron chi connectivity index (χ3n) is 2.59. The van der Waals surface area contributed by atoms with E-state index in [9.17, 15) is 4.79 Å². The Balaban J connectivity index is 1.97. The summed E-state index contributed by atoms with van der Waals surface area (Å²) in [5.41, 5.74) is 5.98. The zero-order chi connectivity index (χ0) is 14.4. The number of rotatable bonds is 7. The zero-order valence-electron chi connectivity index (χ0n) is 10.8. The number of amides is 1. The molecule has 1 aromatic carbocycles. The molecule has 0 fully saturated rings. The number of primary amides is 1. The Labute approximate surface area is 126 Å². The smallest absolute Gasteiger partial charge is 0.255 e. The number of nitrogens with two attached hydrogens (primary N) is 1. The van der Waals surface area contributed by atoms with Gasteiger partial charge in [-0.15, -0.1) is 11.3 Å². The molecule has 6 heteroatoms. The number of hydrogen-bond acceptors (Lipinski definition) is 4. The van der Waals surface area contributed by atoms with Crippen molar-refractivity contribution in [2.75, 3.05) is 6.61 Å². The fourth-order valence-electron chi connectivity index (χ4n) is 1.71. The number of carbonyl (C=O) groups is 1. The van der Waals surface area contributed by atoms with Gasteiger partial charge in [0, 0.05) is 28.6 Å². The fourth-order valence-corrected chi connectivity index (χ4v) is 2.58. The molecule has 0 aliphatic rings. The molecule has 2 rings (SSSR count). The van der Waals surface area contributed by atoms with Gasteiger partial charge in [-0.2, -0.15) is 0 Å². The molecule has 0 aliphatic carbocycles. The van der Waals surface area contributed by atoms with E-state index in [0.29, 0.717) is 17.3 Å². The Bertz CT molecular complexity index is 573. The second kappa shape index (κ2) is 7.28. The van der Waals surface area contributed by atoms with Crippen LogP contribution in [0.25, 0.3) is 0 Å². The molecule has 2 aromatic rings. The molecule has 1 aromatic heterocycles. The van der Waals surface area contributed by atoms with E-state index >= 15 is 0 Å². The molecule has 0 spiro atoms. The average molecular weight is 311 g/mol. The van der Waals surface area contributed by atoms with E-state index in [1.807, 2.05) is 17.5 Å². The summed E-state index contributed by atoms with van der Waals surface area (Å²) < 4.78 is 5.37. The minimum Gasteiger partial charge on any atom is -0.483 e. The van der Waals surface area contributed by atoms with E-state index in [-0.39, 0.29) is 6.61 Å². The number of hydrogen-bond donors (Lipinski definition) is 2. The lowest BCUT2D eigenvalue weighted by molar-refractivity contribution is -0.119. The van der Waals surface area contributed by atoms with Crippen LogP contribution in [0.15, 0.2) is 35.7 Å². The predicted molar refractivity (Wildman–Crippen MR) is 81.0 cm³/mol. The summed E-state index contributed by atoms with van der Waals surface area (Å²) in [7, 11) is 0. The first kappa shape index (κ1) is 14.8. The highest BCUT2D eigenvalue weighted by atomic mass is 35.5. The number of thiophene rings is 1. The summed E-state index contributed by atoms with van der Waals surface area (Å²) in [6.45, 7) is 1.24. The maximum absolute atomic E-state index is 10.8. The summed E-state index contributed by atoms with van der Waals surface area (Å²) in [6.07, 6.45) is 0. The molecule has 106 valence electrons. The Morgan fingerprint density at radius 2 is 2.20 bits per heavy atom. The van der Waals surface area contributed by atoms with Crippen molar-refractivity contribution in [2.24, 2.45) is 5.73 Å². The van der Waals surface area contributed by atoms with Crippen molar-refractivity contribution in [1.29, 1.82) is 0 Å². The van der Waals surface area contributed by atoms with Gasteiger partial charge in [-0.25, -0.2) is 0 Å². The second-order valence-electron chi connectivity index (χ2n) is 4.19. The van der Waals surface area contributed by atoms with Gasteiger partial charge in [0.05, 0.1) is 0 Å². The Hall–Kier alpha value is -1.56. The molecular formula is C14H15ClN2O2S. The van der Waals surface area contributed by atoms with Crippen molar-refractivity contribution in [3.05, 3.63) is 51.2 Å². The molecule has 0 saturated heterocycles. The highest BCUT2D eigenvalue weighted by Crippen LogP contribution is 2.23. The summed E-state index contributed by atoms with van der Waals surface area (Å²) in [4.78, 5) is 12.0. The van der Waals surface area contributed by atoms with Gasteiger partial charge < -0.3 is 15.8 Å². The van der Waals surface area contributed by atoms with Crippen LogP contribution in [-0.2, 0) is 17.9 Å². The first-order valence-corrected chi connectivity index (χ1v) is 7.33. The molecule has 0 atom stereocenters. The maximum atomic E-state index is 10.8. The van der Waals surface area contributed by atoms with Crippen LogP contribution in [0.1, 0.15) is 10.4 Å². The predicted octanol–water partition coefficient (Wildman–Crippen LogP) is 2.56. The lowest BCUT2D eigenvalue weighted by Crippen LogP contribution is -2.21. The Kier molecular flexibility index (Phi) is 5.40. The SMILES string of the molecule is NC(=O)COc1ccc(Cl)cc1CNCc1cccs1. The first-order chi connectivity index (χ1) is 9.65. The third kappa shape index (κ3) is 4.52. The van der Waals surface area contributed by atoms with Gasteiger partial charge in [-0.3, -0.25) is 4.79 Å². The van der Waals surface area contributed by atoms with Crippen LogP contribution in [0.5, 0.6) is 5.75 Å². The normalized spacial score (nSPS) is 10.4. The van der Waals surface area contributed by atoms with Crippen LogP contribution < -0.4 is 15.8 Å². The van der Waals surface area contributed by atoms with E-state index < -0.39 is 5.91 Å². The molecule has 1 heterocycles. The molecule has 0 radical (unpaired) electrons. The maximum Gasteiger partial charge on any atom is 0.255 e. The van der Waals surface area contributed by atoms with Crippen molar-refractivity contribution in [1.82, 2.24) is 5.32 Å². The number of ether oxygens (including phenoxy) is 1. The molecule has 0 aliphatic heterocycles. The van der Waals surface area contributed by atoms with Crippen LogP contribution in [0.2, 0.25) is 5.02 Å². The molecule has 20 heavy (non-hydrogen) atoms. The van der Waals surface area contributed by atoms with E-state index in [1.165, 1.54) is 4.88 Å². The molecule has 4 nitrogen and oxygen atoms in total. The fraction of sp³-hybridized carbons (Fsp3) is 0.214. The molecular weight excluding hydrogens is 296 g/mol. The van der Waals surface area contributed by atoms with E-state index in [0.717, 1.165) is 12.1 Å². The van der Waals surface area contributed by atoms with Gasteiger partial charge in [0.2, 0.25) is 0 Å². The molecule has 0 saturated carbocycles. The largest absolute Gasteiger partial charge is 0.483 e. The average Bonchev–Trinajstić information content (AvgIpc) is 2.91. The van der Waals surface area contributed by atoms with Crippen molar-refractivity contribution in [3.63, 3.8) is 0 Å². The van der Waals surface area contributed by atoms with E-state index in [2.05, 4.69) is 11.4 Å². The Morgan fingerprint density at radius 3 is 2.90 bits per heavy atom. The topological polar surface area (TPSA) is 64.4 Å². The van der Waals surface area contributed by atoms with Gasteiger partial charge in [-0.1, -0.05) is 17.7 Å². The minimum absolute atomic E-state index is 0.139. The van der Waals surface area contributed by atoms with Crippen molar-refractivity contribution in [3.8, 4) is 5.75 Å². The Morgan fingerprint density at radius 1 is 1.35 bits per heavy atom. The lowest BCUT2D eigenvalue weighted by atomic mass is 10.2. The van der Waals surface area contributed by atoms with Gasteiger partial charge in [0.25, 0.3) is 5.91 Å². The van der Waals surface area contributed by atoms with Crippen molar-refractivity contribution < 1.29 is 9.53 Å². The van der Waals surface area contributed by atoms with Crippen LogP contribution in [0, 0.1) is 0 Å². The van der Waals surface area contributed by atoms with Crippen LogP contribution in [0.4, 0.5) is 0 Å². The van der Waals surface area contributed by atoms with E-state index in [4.69, 9.17) is 22.1 Å². The number of carbonyl (C=O) groups excluding carboxylic acids is 1. The first-order valence-electron chi connectivity index (χ1n) is 6.08. The number of halogens is 1. The number of benzene rings is 1. The summed E-state index contributed by atoms with van der Waals surface area (Å²) in [5, 5.41) is 5.98. The summed E-state index contributed by atoms with van der Waals surface area (Å²) >= 11 is 7.68. The van der Waals surface area contributed by atoms with Crippen LogP contribution >= 0.6 is 22.9 Å². The molecule has 3 N–H and O–H groups in total. The van der Waals surface area contributed by atoms with Gasteiger partial charge in [-0.05, 0) is 29.6 Å². The van der Waals surface area contributed by atoms with E-state index in [1.54, 1.807) is 23.5 Å². The van der Waals surface area contributed by atoms with Crippen molar-refractivity contribution >= 4 is 28.8 Å². The van der Waals surface area contributed by atoms with Gasteiger partial charge in [0.15, 0.2) is 6.61 Å². The third-order valence-corrected chi connectivity index (χ3v) is 3.70. The minimum atomic E-state index is -0.502. The standard InChI is InChI=1S/C14H15ClN2O2S/c15-11-3-4-13(19-9-14(16)18)10(6-11)7-17-8-12-2-1-5-20-12/h1-6,17H,7-9H2,(H2,16,18). The van der Waals surface area contributed by atoms with Crippen LogP contribution in [-0.4, -0.2) is 12.5 Å². The van der Waals surface area contributed by atoms with Crippen molar-refractivity contribution in [2.45, 2.75) is 13.1 Å². The lowest BCUT2D eigenvalue weighted by Gasteiger charge is -2.11. The highest BCUT2D eigenvalue weighted by Gasteiger charge is 2.06. The molecule has 1 amide bonds. The summed E-state index contributed by atoms with van der Waals surface area (Å²) in [6, 6.07) is 9.37. The zero-order valence-corrected chi connectivity index (χ0v) is 12.3. The molecule has 0 unspecified atom stereocenters. The highest BCUT2D eigenvalue weighted by molar-refractivity contribution is 7.09. The monoisotopic (exact) mass is 310 g/mol. The molecule has 0 bridgehead atoms. The van der Waals surface area contributed by atoms with Gasteiger partial charge >= 0.3 is 0 Å². The second-order valence-corrected chi connectivity index (χ2v) is 5.66. The quantitative estimate of drug-likeness (QED) is 0.826.